The monoisotopic (exact) mass is 727 g/mol. The number of hydrogen-bond donors (Lipinski definition) is 2. The van der Waals surface area contributed by atoms with Gasteiger partial charge in [-0.15, -0.1) is 0 Å². The fourth-order valence-corrected chi connectivity index (χ4v) is 8.40. The number of benzene rings is 1. The molecule has 1 aromatic rings. The van der Waals surface area contributed by atoms with Gasteiger partial charge in [-0.1, -0.05) is 52.3 Å². The van der Waals surface area contributed by atoms with E-state index in [0.29, 0.717) is 62.8 Å². The lowest BCUT2D eigenvalue weighted by Crippen LogP contribution is -2.47. The zero-order valence-corrected chi connectivity index (χ0v) is 31.4. The molecule has 11 heteroatoms. The maximum absolute atomic E-state index is 14.1. The van der Waals surface area contributed by atoms with Gasteiger partial charge in [-0.2, -0.15) is 5.26 Å². The minimum absolute atomic E-state index is 0.106. The number of halogens is 2. The molecule has 0 aromatic heterocycles. The second kappa shape index (κ2) is 20.3. The van der Waals surface area contributed by atoms with Gasteiger partial charge in [-0.05, 0) is 67.9 Å². The molecule has 4 rings (SSSR count). The topological polar surface area (TPSA) is 123 Å². The zero-order chi connectivity index (χ0) is 37.8. The van der Waals surface area contributed by atoms with Crippen LogP contribution in [0.1, 0.15) is 84.6 Å². The van der Waals surface area contributed by atoms with Crippen LogP contribution in [0.4, 0.5) is 8.78 Å². The average Bonchev–Trinajstić information content (AvgIpc) is 3.59. The molecule has 0 unspecified atom stereocenters. The molecule has 1 aromatic carbocycles. The molecule has 2 fully saturated rings. The number of allylic oxidation sites excluding steroid dienone is 2. The van der Waals surface area contributed by atoms with Gasteiger partial charge in [0.05, 0.1) is 36.2 Å². The number of carbonyl (C=O) groups is 2. The van der Waals surface area contributed by atoms with Gasteiger partial charge in [0, 0.05) is 63.2 Å². The molecule has 0 spiro atoms. The van der Waals surface area contributed by atoms with Crippen LogP contribution >= 0.6 is 0 Å². The van der Waals surface area contributed by atoms with Crippen LogP contribution in [-0.4, -0.2) is 89.6 Å². The number of rotatable bonds is 7. The molecule has 0 amide bonds. The number of ether oxygens (including phenoxy) is 2. The zero-order valence-electron chi connectivity index (χ0n) is 31.4. The van der Waals surface area contributed by atoms with Crippen molar-refractivity contribution < 1.29 is 38.1 Å². The van der Waals surface area contributed by atoms with E-state index >= 15 is 0 Å². The summed E-state index contributed by atoms with van der Waals surface area (Å²) in [6, 6.07) is 5.81. The summed E-state index contributed by atoms with van der Waals surface area (Å²) in [5.74, 6) is -2.24. The first-order chi connectivity index (χ1) is 24.8. The second-order valence-electron chi connectivity index (χ2n) is 15.7. The Hall–Kier alpha value is -3.17. The minimum atomic E-state index is -0.899. The molecule has 2 heterocycles. The van der Waals surface area contributed by atoms with Gasteiger partial charge in [-0.3, -0.25) is 19.4 Å². The summed E-state index contributed by atoms with van der Waals surface area (Å²) in [4.78, 5) is 31.0. The van der Waals surface area contributed by atoms with E-state index in [0.717, 1.165) is 44.8 Å². The van der Waals surface area contributed by atoms with Crippen LogP contribution in [0, 0.1) is 58.5 Å². The predicted molar refractivity (Wildman–Crippen MR) is 194 cm³/mol. The van der Waals surface area contributed by atoms with Crippen molar-refractivity contribution in [2.75, 3.05) is 39.3 Å². The maximum atomic E-state index is 14.1. The van der Waals surface area contributed by atoms with Crippen molar-refractivity contribution in [1.29, 1.82) is 5.26 Å². The lowest BCUT2D eigenvalue weighted by molar-refractivity contribution is -0.161. The predicted octanol–water partition coefficient (Wildman–Crippen LogP) is 6.19. The largest absolute Gasteiger partial charge is 0.464 e. The van der Waals surface area contributed by atoms with Gasteiger partial charge in [0.25, 0.3) is 0 Å². The van der Waals surface area contributed by atoms with Crippen molar-refractivity contribution in [3.8, 4) is 6.07 Å². The first kappa shape index (κ1) is 41.6. The van der Waals surface area contributed by atoms with E-state index in [-0.39, 0.29) is 42.3 Å². The average molecular weight is 728 g/mol. The summed E-state index contributed by atoms with van der Waals surface area (Å²) < 4.78 is 39.2. The summed E-state index contributed by atoms with van der Waals surface area (Å²) in [6.45, 7) is 12.3. The van der Waals surface area contributed by atoms with Crippen molar-refractivity contribution in [3.05, 3.63) is 59.2 Å². The van der Waals surface area contributed by atoms with E-state index in [1.54, 1.807) is 12.2 Å². The van der Waals surface area contributed by atoms with E-state index in [1.807, 2.05) is 19.9 Å². The molecule has 0 bridgehead atoms. The fraction of sp³-hybridized carbons (Fsp3) is 0.683. The molecular weight excluding hydrogens is 668 g/mol. The van der Waals surface area contributed by atoms with Crippen molar-refractivity contribution in [1.82, 2.24) is 9.80 Å². The molecule has 9 nitrogen and oxygen atoms in total. The number of nitriles is 1. The highest BCUT2D eigenvalue weighted by atomic mass is 19.1. The van der Waals surface area contributed by atoms with E-state index in [2.05, 4.69) is 29.7 Å². The lowest BCUT2D eigenvalue weighted by Gasteiger charge is -2.34. The summed E-state index contributed by atoms with van der Waals surface area (Å²) in [6.07, 6.45) is 7.46. The third kappa shape index (κ3) is 12.5. The van der Waals surface area contributed by atoms with Crippen molar-refractivity contribution in [2.24, 2.45) is 35.5 Å². The Bertz CT molecular complexity index is 1420. The molecule has 288 valence electrons. The number of aliphatic hydroxyl groups is 2. The third-order valence-electron chi connectivity index (χ3n) is 11.3. The Balaban J connectivity index is 1.36. The first-order valence-corrected chi connectivity index (χ1v) is 19.2. The van der Waals surface area contributed by atoms with Crippen LogP contribution in [0.2, 0.25) is 0 Å². The smallest absolute Gasteiger partial charge is 0.309 e. The molecule has 0 radical (unpaired) electrons. The highest BCUT2D eigenvalue weighted by molar-refractivity contribution is 5.74. The molecule has 1 saturated carbocycles. The first-order valence-electron chi connectivity index (χ1n) is 19.2. The van der Waals surface area contributed by atoms with Crippen molar-refractivity contribution in [2.45, 2.75) is 104 Å². The van der Waals surface area contributed by atoms with Crippen LogP contribution in [0.3, 0.4) is 0 Å². The number of esters is 2. The Morgan fingerprint density at radius 1 is 1.00 bits per heavy atom. The second-order valence-corrected chi connectivity index (χ2v) is 15.7. The molecule has 2 aliphatic heterocycles. The summed E-state index contributed by atoms with van der Waals surface area (Å²) in [5, 5.41) is 31.7. The number of hydrogen-bond acceptors (Lipinski definition) is 9. The number of cyclic esters (lactones) is 1. The molecule has 1 aliphatic carbocycles. The van der Waals surface area contributed by atoms with Gasteiger partial charge in [-0.25, -0.2) is 8.78 Å². The number of piperazine rings is 1. The minimum Gasteiger partial charge on any atom is -0.464 e. The van der Waals surface area contributed by atoms with Crippen molar-refractivity contribution >= 4 is 11.9 Å². The van der Waals surface area contributed by atoms with E-state index < -0.39 is 41.8 Å². The summed E-state index contributed by atoms with van der Waals surface area (Å²) >= 11 is 0. The quantitative estimate of drug-likeness (QED) is 0.317. The fourth-order valence-electron chi connectivity index (χ4n) is 8.40. The molecule has 52 heavy (non-hydrogen) atoms. The molecule has 3 aliphatic rings. The molecular formula is C41H59F2N3O6. The molecule has 2 N–H and O–H groups in total. The van der Waals surface area contributed by atoms with E-state index in [4.69, 9.17) is 9.47 Å². The molecule has 9 atom stereocenters. The number of aliphatic hydroxyl groups excluding tert-OH is 2. The Morgan fingerprint density at radius 3 is 2.38 bits per heavy atom. The maximum Gasteiger partial charge on any atom is 0.309 e. The van der Waals surface area contributed by atoms with Crippen LogP contribution in [-0.2, 0) is 25.6 Å². The highest BCUT2D eigenvalue weighted by Gasteiger charge is 2.41. The SMILES string of the molecule is C[C@@H]1C[C@H](C)C[C@H](C)[C@@H](O)CC(=O)O[C@H]([C@@H]2CCC[C@H]2C(=O)OCCN2CCN(Cc3ccc(F)cc3F)CC2)C/C=C/C=C(/C#N)[C@H](O)[C@@H](C)C1. The van der Waals surface area contributed by atoms with Crippen LogP contribution < -0.4 is 0 Å². The van der Waals surface area contributed by atoms with Gasteiger partial charge in [0.1, 0.15) is 24.3 Å². The van der Waals surface area contributed by atoms with Gasteiger partial charge < -0.3 is 19.7 Å². The Morgan fingerprint density at radius 2 is 1.69 bits per heavy atom. The van der Waals surface area contributed by atoms with Crippen LogP contribution in [0.15, 0.2) is 42.0 Å². The van der Waals surface area contributed by atoms with E-state index in [9.17, 15) is 33.8 Å². The van der Waals surface area contributed by atoms with Crippen molar-refractivity contribution in [3.63, 3.8) is 0 Å². The highest BCUT2D eigenvalue weighted by Crippen LogP contribution is 2.38. The van der Waals surface area contributed by atoms with Gasteiger partial charge in [0.2, 0.25) is 0 Å². The summed E-state index contributed by atoms with van der Waals surface area (Å²) in [5.41, 5.74) is 0.743. The third-order valence-corrected chi connectivity index (χ3v) is 11.3. The molecule has 1 saturated heterocycles. The van der Waals surface area contributed by atoms with Crippen LogP contribution in [0.5, 0.6) is 0 Å². The lowest BCUT2D eigenvalue weighted by atomic mass is 9.82. The Kier molecular flexibility index (Phi) is 16.3. The summed E-state index contributed by atoms with van der Waals surface area (Å²) in [7, 11) is 0. The normalized spacial score (nSPS) is 33.9. The van der Waals surface area contributed by atoms with Gasteiger partial charge in [0.15, 0.2) is 0 Å². The number of nitrogens with zero attached hydrogens (tertiary/aromatic N) is 3. The number of carbonyl (C=O) groups excluding carboxylic acids is 2. The van der Waals surface area contributed by atoms with E-state index in [1.165, 1.54) is 12.1 Å². The Labute approximate surface area is 308 Å². The van der Waals surface area contributed by atoms with Gasteiger partial charge >= 0.3 is 11.9 Å². The standard InChI is InChI=1S/C41H59F2N3O6/c1-27-20-28(2)22-30(4)40(49)31(25-44)8-5-6-11-38(52-39(48)24-37(47)29(3)21-27)34-9-7-10-35(34)41(50)51-19-18-45-14-16-46(17-15-45)26-32-12-13-33(42)23-36(32)43/h5-6,8,12-13,23,27-30,34-35,37-38,40,47,49H,7,9-11,14-22,24,26H2,1-4H3/b6-5+,31-8-/t27-,28+,29-,30-,34+,35+,37-,38-,40+/m0/s1. The van der Waals surface area contributed by atoms with Crippen LogP contribution in [0.25, 0.3) is 0 Å².